The number of carbonyl (C=O) groups is 3. The van der Waals surface area contributed by atoms with Gasteiger partial charge in [-0.2, -0.15) is 0 Å². The zero-order valence-corrected chi connectivity index (χ0v) is 15.7. The lowest BCUT2D eigenvalue weighted by molar-refractivity contribution is -0.120. The Labute approximate surface area is 165 Å². The van der Waals surface area contributed by atoms with Gasteiger partial charge >= 0.3 is 0 Å². The molecular formula is C19H19N5O3S. The molecule has 144 valence electrons. The van der Waals surface area contributed by atoms with E-state index in [9.17, 15) is 14.4 Å². The van der Waals surface area contributed by atoms with Crippen LogP contribution >= 0.6 is 11.3 Å². The van der Waals surface area contributed by atoms with Crippen LogP contribution in [0.25, 0.3) is 11.3 Å². The van der Waals surface area contributed by atoms with Crippen LogP contribution < -0.4 is 16.4 Å². The van der Waals surface area contributed by atoms with Gasteiger partial charge in [-0.1, -0.05) is 30.3 Å². The van der Waals surface area contributed by atoms with Crippen LogP contribution in [0.1, 0.15) is 22.5 Å². The summed E-state index contributed by atoms with van der Waals surface area (Å²) in [6, 6.07) is 11.0. The summed E-state index contributed by atoms with van der Waals surface area (Å²) >= 11 is 1.27. The third-order valence-electron chi connectivity index (χ3n) is 3.88. The van der Waals surface area contributed by atoms with E-state index >= 15 is 0 Å². The average molecular weight is 397 g/mol. The van der Waals surface area contributed by atoms with E-state index in [1.807, 2.05) is 30.3 Å². The van der Waals surface area contributed by atoms with Crippen LogP contribution in [0.5, 0.6) is 0 Å². The van der Waals surface area contributed by atoms with E-state index in [0.29, 0.717) is 22.1 Å². The highest BCUT2D eigenvalue weighted by atomic mass is 32.1. The Bertz CT molecular complexity index is 980. The van der Waals surface area contributed by atoms with Crippen LogP contribution in [0.3, 0.4) is 0 Å². The fraction of sp³-hybridized carbons (Fsp3) is 0.158. The molecule has 0 aliphatic rings. The van der Waals surface area contributed by atoms with Crippen LogP contribution in [0.2, 0.25) is 0 Å². The Kier molecular flexibility index (Phi) is 6.18. The van der Waals surface area contributed by atoms with Crippen molar-refractivity contribution in [2.24, 2.45) is 5.73 Å². The first-order valence-corrected chi connectivity index (χ1v) is 9.44. The third kappa shape index (κ3) is 5.27. The highest BCUT2D eigenvalue weighted by Crippen LogP contribution is 2.25. The fourth-order valence-electron chi connectivity index (χ4n) is 2.49. The molecule has 0 aliphatic heterocycles. The van der Waals surface area contributed by atoms with Gasteiger partial charge in [0.25, 0.3) is 5.91 Å². The molecular weight excluding hydrogens is 378 g/mol. The van der Waals surface area contributed by atoms with E-state index in [0.717, 1.165) is 5.56 Å². The average Bonchev–Trinajstić information content (AvgIpc) is 3.32. The number of nitrogens with one attached hydrogen (secondary N) is 3. The van der Waals surface area contributed by atoms with Gasteiger partial charge in [0.05, 0.1) is 12.1 Å². The summed E-state index contributed by atoms with van der Waals surface area (Å²) in [5.74, 6) is -0.926. The molecule has 9 heteroatoms. The number of benzene rings is 1. The van der Waals surface area contributed by atoms with E-state index < -0.39 is 5.91 Å². The van der Waals surface area contributed by atoms with Crippen molar-refractivity contribution in [1.29, 1.82) is 0 Å². The minimum Gasteiger partial charge on any atom is -0.364 e. The number of H-pyrrole nitrogens is 1. The molecule has 0 saturated carbocycles. The number of hydrogen-bond donors (Lipinski definition) is 4. The first-order chi connectivity index (χ1) is 13.5. The van der Waals surface area contributed by atoms with E-state index in [-0.39, 0.29) is 31.2 Å². The van der Waals surface area contributed by atoms with Crippen molar-refractivity contribution in [2.45, 2.75) is 12.8 Å². The molecule has 0 fully saturated rings. The third-order valence-corrected chi connectivity index (χ3v) is 4.63. The Balaban J connectivity index is 1.44. The quantitative estimate of drug-likeness (QED) is 0.463. The largest absolute Gasteiger partial charge is 0.364 e. The summed E-state index contributed by atoms with van der Waals surface area (Å²) in [6.07, 6.45) is 2.05. The molecule has 3 amide bonds. The second-order valence-electron chi connectivity index (χ2n) is 6.01. The predicted molar refractivity (Wildman–Crippen MR) is 107 cm³/mol. The molecule has 0 bridgehead atoms. The van der Waals surface area contributed by atoms with Crippen molar-refractivity contribution in [3.63, 3.8) is 0 Å². The number of hydrogen-bond acceptors (Lipinski definition) is 5. The molecule has 0 spiro atoms. The van der Waals surface area contributed by atoms with E-state index in [4.69, 9.17) is 5.73 Å². The van der Waals surface area contributed by atoms with Crippen LogP contribution in [-0.4, -0.2) is 34.2 Å². The van der Waals surface area contributed by atoms with Crippen LogP contribution in [0.15, 0.2) is 48.0 Å². The van der Waals surface area contributed by atoms with Crippen molar-refractivity contribution in [2.75, 3.05) is 11.9 Å². The van der Waals surface area contributed by atoms with Gasteiger partial charge in [0, 0.05) is 30.1 Å². The first-order valence-electron chi connectivity index (χ1n) is 8.56. The summed E-state index contributed by atoms with van der Waals surface area (Å²) in [4.78, 5) is 42.1. The summed E-state index contributed by atoms with van der Waals surface area (Å²) < 4.78 is 0. The maximum absolute atomic E-state index is 12.0. The number of nitrogens with zero attached hydrogens (tertiary/aromatic N) is 1. The lowest BCUT2D eigenvalue weighted by Gasteiger charge is -2.05. The topological polar surface area (TPSA) is 130 Å². The number of carbonyl (C=O) groups excluding carboxylic acids is 3. The number of rotatable bonds is 8. The fourth-order valence-corrected chi connectivity index (χ4v) is 3.23. The zero-order chi connectivity index (χ0) is 19.9. The zero-order valence-electron chi connectivity index (χ0n) is 14.9. The standard InChI is InChI=1S/C19H19N5O3S/c20-18(27)14-9-13(10-22-14)15-11-28-19(23-15)24-16(25)6-7-21-17(26)8-12-4-2-1-3-5-12/h1-5,9-11,22H,6-8H2,(H2,20,27)(H,21,26)(H,23,24,25). The normalized spacial score (nSPS) is 10.4. The summed E-state index contributed by atoms with van der Waals surface area (Å²) in [5.41, 5.74) is 7.76. The molecule has 0 unspecified atom stereocenters. The SMILES string of the molecule is NC(=O)c1cc(-c2csc(NC(=O)CCNC(=O)Cc3ccccc3)n2)c[nH]1. The lowest BCUT2D eigenvalue weighted by Crippen LogP contribution is -2.28. The van der Waals surface area contributed by atoms with E-state index in [2.05, 4.69) is 20.6 Å². The van der Waals surface area contributed by atoms with E-state index in [1.165, 1.54) is 11.3 Å². The maximum Gasteiger partial charge on any atom is 0.265 e. The number of amides is 3. The molecule has 3 aromatic rings. The Morgan fingerprint density at radius 3 is 2.64 bits per heavy atom. The minimum absolute atomic E-state index is 0.131. The smallest absolute Gasteiger partial charge is 0.265 e. The summed E-state index contributed by atoms with van der Waals surface area (Å²) in [5, 5.41) is 7.64. The molecule has 0 saturated heterocycles. The number of aromatic amines is 1. The van der Waals surface area contributed by atoms with Gasteiger partial charge in [-0.3, -0.25) is 14.4 Å². The molecule has 28 heavy (non-hydrogen) atoms. The lowest BCUT2D eigenvalue weighted by atomic mass is 10.1. The molecule has 0 atom stereocenters. The minimum atomic E-state index is -0.552. The monoisotopic (exact) mass is 397 g/mol. The van der Waals surface area contributed by atoms with Gasteiger partial charge in [-0.05, 0) is 11.6 Å². The second kappa shape index (κ2) is 8.96. The predicted octanol–water partition coefficient (Wildman–Crippen LogP) is 1.92. The van der Waals surface area contributed by atoms with Gasteiger partial charge in [-0.25, -0.2) is 4.98 Å². The van der Waals surface area contributed by atoms with Crippen LogP contribution in [-0.2, 0) is 16.0 Å². The maximum atomic E-state index is 12.0. The second-order valence-corrected chi connectivity index (χ2v) is 6.87. The molecule has 3 rings (SSSR count). The molecule has 8 nitrogen and oxygen atoms in total. The van der Waals surface area contributed by atoms with E-state index in [1.54, 1.807) is 17.6 Å². The number of primary amides is 1. The highest BCUT2D eigenvalue weighted by molar-refractivity contribution is 7.14. The number of anilines is 1. The first kappa shape index (κ1) is 19.3. The van der Waals surface area contributed by atoms with Gasteiger partial charge in [-0.15, -0.1) is 11.3 Å². The Morgan fingerprint density at radius 1 is 1.14 bits per heavy atom. The number of nitrogens with two attached hydrogens (primary N) is 1. The van der Waals surface area contributed by atoms with Gasteiger partial charge in [0.15, 0.2) is 5.13 Å². The summed E-state index contributed by atoms with van der Waals surface area (Å²) in [6.45, 7) is 0.246. The number of thiazole rings is 1. The van der Waals surface area contributed by atoms with Crippen molar-refractivity contribution < 1.29 is 14.4 Å². The summed E-state index contributed by atoms with van der Waals surface area (Å²) in [7, 11) is 0. The van der Waals surface area contributed by atoms with Gasteiger partial charge < -0.3 is 21.4 Å². The Morgan fingerprint density at radius 2 is 1.93 bits per heavy atom. The molecule has 5 N–H and O–H groups in total. The van der Waals surface area contributed by atoms with Crippen molar-refractivity contribution in [3.8, 4) is 11.3 Å². The van der Waals surface area contributed by atoms with Gasteiger partial charge in [0.1, 0.15) is 5.69 Å². The van der Waals surface area contributed by atoms with Crippen molar-refractivity contribution in [1.82, 2.24) is 15.3 Å². The molecule has 2 heterocycles. The molecule has 1 aromatic carbocycles. The van der Waals surface area contributed by atoms with Crippen LogP contribution in [0, 0.1) is 0 Å². The van der Waals surface area contributed by atoms with Gasteiger partial charge in [0.2, 0.25) is 11.8 Å². The highest BCUT2D eigenvalue weighted by Gasteiger charge is 2.11. The molecule has 0 radical (unpaired) electrons. The van der Waals surface area contributed by atoms with Crippen molar-refractivity contribution >= 4 is 34.2 Å². The molecule has 0 aliphatic carbocycles. The van der Waals surface area contributed by atoms with Crippen molar-refractivity contribution in [3.05, 3.63) is 59.2 Å². The molecule has 2 aromatic heterocycles. The van der Waals surface area contributed by atoms with Crippen LogP contribution in [0.4, 0.5) is 5.13 Å². The number of aromatic nitrogens is 2. The Hall–Kier alpha value is -3.46.